The average Bonchev–Trinajstić information content (AvgIpc) is 2.66. The highest BCUT2D eigenvalue weighted by molar-refractivity contribution is 6.58. The average molecular weight is 383 g/mol. The van der Waals surface area contributed by atoms with Gasteiger partial charge in [-0.2, -0.15) is 0 Å². The summed E-state index contributed by atoms with van der Waals surface area (Å²) in [4.78, 5) is 0. The largest absolute Gasteiger partial charge is 0.204 e. The van der Waals surface area contributed by atoms with Gasteiger partial charge in [0, 0.05) is 8.80 Å². The zero-order chi connectivity index (χ0) is 18.5. The Balaban J connectivity index is 1.40. The first-order valence-corrected chi connectivity index (χ1v) is 13.1. The Kier molecular flexibility index (Phi) is 7.25. The molecule has 0 spiro atoms. The van der Waals surface area contributed by atoms with Gasteiger partial charge in [0.25, 0.3) is 0 Å². The van der Waals surface area contributed by atoms with E-state index in [0.29, 0.717) is 17.9 Å². The second-order valence-corrected chi connectivity index (χ2v) is 12.2. The van der Waals surface area contributed by atoms with E-state index in [1.165, 1.54) is 44.9 Å². The number of hydrogen-bond acceptors (Lipinski definition) is 0. The summed E-state index contributed by atoms with van der Waals surface area (Å²) in [7, 11) is -0.378. The fourth-order valence-corrected chi connectivity index (χ4v) is 8.91. The van der Waals surface area contributed by atoms with Crippen LogP contribution in [0.25, 0.3) is 0 Å². The summed E-state index contributed by atoms with van der Waals surface area (Å²) >= 11 is 0. The molecule has 3 rings (SSSR count). The standard InChI is InChI=1S/C22H33F3Si/c1-2-11-26-12-9-19(10-13-26)18-7-5-16(6-8-18)3-4-17-14-20(23)22(25)21(24)15-17/h14-16,18-19,26H,2-13H2,1H3/t16-,18-,19?,26?. The third kappa shape index (κ3) is 5.14. The van der Waals surface area contributed by atoms with Crippen molar-refractivity contribution in [3.05, 3.63) is 35.1 Å². The first kappa shape index (κ1) is 20.0. The molecule has 1 aromatic carbocycles. The van der Waals surface area contributed by atoms with E-state index in [0.717, 1.165) is 30.4 Å². The van der Waals surface area contributed by atoms with Crippen molar-refractivity contribution in [2.75, 3.05) is 0 Å². The Morgan fingerprint density at radius 1 is 0.885 bits per heavy atom. The topological polar surface area (TPSA) is 0 Å². The van der Waals surface area contributed by atoms with Crippen LogP contribution in [0.5, 0.6) is 0 Å². The molecule has 1 aliphatic carbocycles. The summed E-state index contributed by atoms with van der Waals surface area (Å²) in [5, 5.41) is 0. The van der Waals surface area contributed by atoms with Gasteiger partial charge >= 0.3 is 0 Å². The molecule has 0 amide bonds. The highest BCUT2D eigenvalue weighted by Crippen LogP contribution is 2.41. The molecule has 2 fully saturated rings. The van der Waals surface area contributed by atoms with E-state index < -0.39 is 17.5 Å². The molecule has 0 radical (unpaired) electrons. The summed E-state index contributed by atoms with van der Waals surface area (Å²) in [6.45, 7) is 2.33. The van der Waals surface area contributed by atoms with Crippen molar-refractivity contribution in [1.29, 1.82) is 0 Å². The van der Waals surface area contributed by atoms with Gasteiger partial charge in [-0.3, -0.25) is 0 Å². The van der Waals surface area contributed by atoms with Crippen LogP contribution in [0.15, 0.2) is 12.1 Å². The number of aryl methyl sites for hydroxylation is 1. The van der Waals surface area contributed by atoms with Gasteiger partial charge < -0.3 is 0 Å². The molecular weight excluding hydrogens is 349 g/mol. The Hall–Kier alpha value is -0.773. The Labute approximate surface area is 158 Å². The summed E-state index contributed by atoms with van der Waals surface area (Å²) in [6.07, 6.45) is 11.1. The van der Waals surface area contributed by atoms with Crippen LogP contribution in [-0.2, 0) is 6.42 Å². The van der Waals surface area contributed by atoms with Crippen LogP contribution in [0.3, 0.4) is 0 Å². The van der Waals surface area contributed by atoms with Crippen molar-refractivity contribution < 1.29 is 13.2 Å². The highest BCUT2D eigenvalue weighted by Gasteiger charge is 2.30. The van der Waals surface area contributed by atoms with Crippen LogP contribution in [0, 0.1) is 35.2 Å². The molecule has 2 aliphatic rings. The highest BCUT2D eigenvalue weighted by atomic mass is 28.3. The molecule has 0 bridgehead atoms. The van der Waals surface area contributed by atoms with Crippen LogP contribution in [0.2, 0.25) is 18.1 Å². The number of halogens is 3. The van der Waals surface area contributed by atoms with Gasteiger partial charge in [0.15, 0.2) is 17.5 Å². The first-order chi connectivity index (χ1) is 12.6. The zero-order valence-corrected chi connectivity index (χ0v) is 17.2. The van der Waals surface area contributed by atoms with Crippen molar-refractivity contribution in [2.24, 2.45) is 17.8 Å². The van der Waals surface area contributed by atoms with Gasteiger partial charge in [-0.15, -0.1) is 0 Å². The summed E-state index contributed by atoms with van der Waals surface area (Å²) in [5.41, 5.74) is 0.586. The fraction of sp³-hybridized carbons (Fsp3) is 0.727. The number of benzene rings is 1. The lowest BCUT2D eigenvalue weighted by molar-refractivity contribution is 0.186. The third-order valence-corrected chi connectivity index (χ3v) is 10.7. The molecule has 26 heavy (non-hydrogen) atoms. The van der Waals surface area contributed by atoms with Gasteiger partial charge in [-0.1, -0.05) is 57.2 Å². The quantitative estimate of drug-likeness (QED) is 0.371. The molecule has 0 nitrogen and oxygen atoms in total. The van der Waals surface area contributed by atoms with E-state index in [1.807, 2.05) is 0 Å². The van der Waals surface area contributed by atoms with Gasteiger partial charge in [0.1, 0.15) is 0 Å². The molecule has 0 aromatic heterocycles. The SMILES string of the molecule is CCC[SiH]1CCC([C@H]2CC[C@H](CCc3cc(F)c(F)c(F)c3)CC2)CC1. The predicted molar refractivity (Wildman–Crippen MR) is 105 cm³/mol. The van der Waals surface area contributed by atoms with Gasteiger partial charge in [0.2, 0.25) is 0 Å². The van der Waals surface area contributed by atoms with Crippen LogP contribution in [0.4, 0.5) is 13.2 Å². The van der Waals surface area contributed by atoms with Gasteiger partial charge in [-0.05, 0) is 61.1 Å². The van der Waals surface area contributed by atoms with E-state index in [1.54, 1.807) is 18.1 Å². The lowest BCUT2D eigenvalue weighted by Crippen LogP contribution is -2.28. The maximum Gasteiger partial charge on any atom is 0.194 e. The van der Waals surface area contributed by atoms with Crippen molar-refractivity contribution in [1.82, 2.24) is 0 Å². The molecule has 146 valence electrons. The third-order valence-electron chi connectivity index (χ3n) is 7.03. The second-order valence-electron chi connectivity index (χ2n) is 8.76. The van der Waals surface area contributed by atoms with E-state index in [4.69, 9.17) is 0 Å². The lowest BCUT2D eigenvalue weighted by Gasteiger charge is -2.37. The van der Waals surface area contributed by atoms with E-state index in [9.17, 15) is 13.2 Å². The first-order valence-electron chi connectivity index (χ1n) is 10.7. The van der Waals surface area contributed by atoms with Crippen molar-refractivity contribution in [3.63, 3.8) is 0 Å². The molecule has 4 heteroatoms. The number of rotatable bonds is 6. The molecule has 0 unspecified atom stereocenters. The zero-order valence-electron chi connectivity index (χ0n) is 16.1. The van der Waals surface area contributed by atoms with Crippen LogP contribution in [0.1, 0.15) is 63.9 Å². The van der Waals surface area contributed by atoms with Crippen molar-refractivity contribution in [3.8, 4) is 0 Å². The maximum atomic E-state index is 13.3. The van der Waals surface area contributed by atoms with Crippen LogP contribution < -0.4 is 0 Å². The monoisotopic (exact) mass is 382 g/mol. The second kappa shape index (κ2) is 9.43. The molecule has 1 aliphatic heterocycles. The van der Waals surface area contributed by atoms with E-state index >= 15 is 0 Å². The normalized spacial score (nSPS) is 29.7. The smallest absolute Gasteiger partial charge is 0.194 e. The van der Waals surface area contributed by atoms with Crippen molar-refractivity contribution in [2.45, 2.75) is 82.8 Å². The van der Waals surface area contributed by atoms with Crippen molar-refractivity contribution >= 4 is 8.80 Å². The molecule has 0 atom stereocenters. The minimum absolute atomic E-state index is 0.378. The van der Waals surface area contributed by atoms with Crippen LogP contribution in [-0.4, -0.2) is 8.80 Å². The van der Waals surface area contributed by atoms with Crippen LogP contribution >= 0.6 is 0 Å². The molecule has 1 heterocycles. The van der Waals surface area contributed by atoms with E-state index in [2.05, 4.69) is 6.92 Å². The van der Waals surface area contributed by atoms with E-state index in [-0.39, 0.29) is 8.80 Å². The molecule has 1 saturated carbocycles. The predicted octanol–water partition coefficient (Wildman–Crippen LogP) is 6.89. The summed E-state index contributed by atoms with van der Waals surface area (Å²) in [6, 6.07) is 7.00. The maximum absolute atomic E-state index is 13.3. The lowest BCUT2D eigenvalue weighted by atomic mass is 9.73. The molecule has 1 aromatic rings. The minimum Gasteiger partial charge on any atom is -0.204 e. The summed E-state index contributed by atoms with van der Waals surface area (Å²) in [5.74, 6) is -0.934. The number of hydrogen-bond donors (Lipinski definition) is 0. The van der Waals surface area contributed by atoms with Gasteiger partial charge in [-0.25, -0.2) is 13.2 Å². The Morgan fingerprint density at radius 2 is 1.46 bits per heavy atom. The summed E-state index contributed by atoms with van der Waals surface area (Å²) < 4.78 is 39.7. The molecule has 0 N–H and O–H groups in total. The minimum atomic E-state index is -1.36. The Morgan fingerprint density at radius 3 is 2.04 bits per heavy atom. The fourth-order valence-electron chi connectivity index (χ4n) is 5.43. The molecular formula is C22H33F3Si. The van der Waals surface area contributed by atoms with Gasteiger partial charge in [0.05, 0.1) is 0 Å². The molecule has 1 saturated heterocycles. The Bertz CT molecular complexity index is 550.